The second kappa shape index (κ2) is 8.86. The highest BCUT2D eigenvalue weighted by atomic mass is 16.3. The minimum absolute atomic E-state index is 0.00952. The lowest BCUT2D eigenvalue weighted by Crippen LogP contribution is -2.20. The third-order valence-corrected chi connectivity index (χ3v) is 5.87. The molecule has 4 N–H and O–H groups in total. The smallest absolute Gasteiger partial charge is 0.229 e. The van der Waals surface area contributed by atoms with Crippen LogP contribution in [-0.2, 0) is 30.5 Å². The molecule has 0 saturated heterocycles. The topological polar surface area (TPSA) is 116 Å². The minimum atomic E-state index is -0.238. The SMILES string of the molecule is O=C(Cc1ccc(O)cc1)Nc1nc2c(nc1Cc1ccccc1)-c1c(O)cc(O)cc1CC2. The van der Waals surface area contributed by atoms with E-state index in [0.717, 1.165) is 16.7 Å². The molecular formula is C27H23N3O4. The van der Waals surface area contributed by atoms with E-state index in [1.807, 2.05) is 30.3 Å². The predicted molar refractivity (Wildman–Crippen MR) is 128 cm³/mol. The van der Waals surface area contributed by atoms with Gasteiger partial charge in [-0.15, -0.1) is 0 Å². The van der Waals surface area contributed by atoms with E-state index in [2.05, 4.69) is 5.32 Å². The first-order chi connectivity index (χ1) is 16.5. The number of aromatic nitrogens is 2. The molecule has 1 amide bonds. The van der Waals surface area contributed by atoms with Crippen LogP contribution in [0, 0.1) is 0 Å². The molecule has 0 fully saturated rings. The van der Waals surface area contributed by atoms with Gasteiger partial charge in [0.1, 0.15) is 17.2 Å². The Hall–Kier alpha value is -4.39. The number of hydrogen-bond donors (Lipinski definition) is 4. The predicted octanol–water partition coefficient (Wildman–Crippen LogP) is 4.13. The summed E-state index contributed by atoms with van der Waals surface area (Å²) in [6.07, 6.45) is 1.75. The normalized spacial score (nSPS) is 12.0. The first-order valence-corrected chi connectivity index (χ1v) is 11.0. The Balaban J connectivity index is 1.53. The quantitative estimate of drug-likeness (QED) is 0.361. The summed E-state index contributed by atoms with van der Waals surface area (Å²) in [6, 6.07) is 19.2. The Morgan fingerprint density at radius 3 is 2.38 bits per heavy atom. The van der Waals surface area contributed by atoms with Gasteiger partial charge in [-0.05, 0) is 47.7 Å². The molecule has 170 valence electrons. The van der Waals surface area contributed by atoms with Crippen molar-refractivity contribution in [3.05, 3.63) is 94.8 Å². The highest BCUT2D eigenvalue weighted by molar-refractivity contribution is 5.92. The summed E-state index contributed by atoms with van der Waals surface area (Å²) in [4.78, 5) is 22.4. The van der Waals surface area contributed by atoms with Crippen molar-refractivity contribution in [1.82, 2.24) is 9.97 Å². The highest BCUT2D eigenvalue weighted by Crippen LogP contribution is 2.41. The molecule has 0 aliphatic heterocycles. The Labute approximate surface area is 196 Å². The maximum atomic E-state index is 12.8. The summed E-state index contributed by atoms with van der Waals surface area (Å²) in [7, 11) is 0. The van der Waals surface area contributed by atoms with Crippen LogP contribution in [0.5, 0.6) is 17.2 Å². The third-order valence-electron chi connectivity index (χ3n) is 5.87. The molecule has 0 radical (unpaired) electrons. The lowest BCUT2D eigenvalue weighted by atomic mass is 9.90. The summed E-state index contributed by atoms with van der Waals surface area (Å²) < 4.78 is 0. The number of carbonyl (C=O) groups excluding carboxylic acids is 1. The number of anilines is 1. The van der Waals surface area contributed by atoms with Crippen LogP contribution in [-0.4, -0.2) is 31.2 Å². The molecule has 7 nitrogen and oxygen atoms in total. The molecule has 7 heteroatoms. The van der Waals surface area contributed by atoms with Gasteiger partial charge in [0.15, 0.2) is 5.82 Å². The van der Waals surface area contributed by atoms with Gasteiger partial charge >= 0.3 is 0 Å². The molecular weight excluding hydrogens is 430 g/mol. The maximum Gasteiger partial charge on any atom is 0.229 e. The number of fused-ring (bicyclic) bond motifs is 3. The summed E-state index contributed by atoms with van der Waals surface area (Å²) >= 11 is 0. The second-order valence-electron chi connectivity index (χ2n) is 8.37. The number of phenols is 3. The van der Waals surface area contributed by atoms with E-state index in [4.69, 9.17) is 9.97 Å². The molecule has 1 heterocycles. The van der Waals surface area contributed by atoms with Gasteiger partial charge in [-0.3, -0.25) is 4.79 Å². The number of amides is 1. The van der Waals surface area contributed by atoms with Crippen LogP contribution in [0.4, 0.5) is 5.82 Å². The zero-order valence-corrected chi connectivity index (χ0v) is 18.3. The van der Waals surface area contributed by atoms with E-state index in [9.17, 15) is 20.1 Å². The summed E-state index contributed by atoms with van der Waals surface area (Å²) in [6.45, 7) is 0. The van der Waals surface area contributed by atoms with E-state index < -0.39 is 0 Å². The molecule has 1 aliphatic rings. The zero-order valence-electron chi connectivity index (χ0n) is 18.3. The van der Waals surface area contributed by atoms with E-state index in [-0.39, 0.29) is 29.6 Å². The van der Waals surface area contributed by atoms with Crippen LogP contribution in [0.15, 0.2) is 66.7 Å². The summed E-state index contributed by atoms with van der Waals surface area (Å²) in [5.41, 5.74) is 5.01. The maximum absolute atomic E-state index is 12.8. The first kappa shape index (κ1) is 21.5. The minimum Gasteiger partial charge on any atom is -0.508 e. The molecule has 1 aliphatic carbocycles. The Morgan fingerprint density at radius 1 is 0.853 bits per heavy atom. The third kappa shape index (κ3) is 4.41. The van der Waals surface area contributed by atoms with Crippen molar-refractivity contribution in [2.75, 3.05) is 5.32 Å². The van der Waals surface area contributed by atoms with Crippen LogP contribution in [0.2, 0.25) is 0 Å². The molecule has 3 aromatic carbocycles. The van der Waals surface area contributed by atoms with Crippen molar-refractivity contribution >= 4 is 11.7 Å². The summed E-state index contributed by atoms with van der Waals surface area (Å²) in [5.74, 6) is 0.272. The lowest BCUT2D eigenvalue weighted by molar-refractivity contribution is -0.115. The Bertz CT molecular complexity index is 1370. The molecule has 0 spiro atoms. The number of phenolic OH excluding ortho intramolecular Hbond substituents is 3. The number of aromatic hydroxyl groups is 3. The number of benzene rings is 3. The number of rotatable bonds is 5. The molecule has 1 aromatic heterocycles. The first-order valence-electron chi connectivity index (χ1n) is 11.0. The molecule has 34 heavy (non-hydrogen) atoms. The van der Waals surface area contributed by atoms with E-state index in [1.54, 1.807) is 30.3 Å². The van der Waals surface area contributed by atoms with Gasteiger partial charge < -0.3 is 20.6 Å². The lowest BCUT2D eigenvalue weighted by Gasteiger charge is -2.22. The van der Waals surface area contributed by atoms with Crippen LogP contribution in [0.25, 0.3) is 11.3 Å². The van der Waals surface area contributed by atoms with Gasteiger partial charge in [-0.1, -0.05) is 42.5 Å². The fourth-order valence-corrected chi connectivity index (χ4v) is 4.26. The van der Waals surface area contributed by atoms with E-state index in [0.29, 0.717) is 47.7 Å². The van der Waals surface area contributed by atoms with E-state index >= 15 is 0 Å². The largest absolute Gasteiger partial charge is 0.508 e. The number of carbonyl (C=O) groups is 1. The van der Waals surface area contributed by atoms with Gasteiger partial charge in [0, 0.05) is 18.1 Å². The molecule has 0 bridgehead atoms. The number of hydrogen-bond acceptors (Lipinski definition) is 6. The van der Waals surface area contributed by atoms with Crippen LogP contribution in [0.3, 0.4) is 0 Å². The van der Waals surface area contributed by atoms with Crippen LogP contribution < -0.4 is 5.32 Å². The Kier molecular flexibility index (Phi) is 5.59. The van der Waals surface area contributed by atoms with Gasteiger partial charge in [0.05, 0.1) is 23.5 Å². The molecule has 0 atom stereocenters. The van der Waals surface area contributed by atoms with E-state index in [1.165, 1.54) is 6.07 Å². The van der Waals surface area contributed by atoms with Crippen molar-refractivity contribution in [1.29, 1.82) is 0 Å². The van der Waals surface area contributed by atoms with Crippen molar-refractivity contribution in [2.24, 2.45) is 0 Å². The molecule has 0 saturated carbocycles. The average molecular weight is 453 g/mol. The highest BCUT2D eigenvalue weighted by Gasteiger charge is 2.25. The number of nitrogens with one attached hydrogen (secondary N) is 1. The molecule has 0 unspecified atom stereocenters. The van der Waals surface area contributed by atoms with Crippen molar-refractivity contribution < 1.29 is 20.1 Å². The molecule has 4 aromatic rings. The van der Waals surface area contributed by atoms with Gasteiger partial charge in [-0.2, -0.15) is 0 Å². The van der Waals surface area contributed by atoms with Crippen LogP contribution >= 0.6 is 0 Å². The standard InChI is InChI=1S/C27H23N3O4/c31-19-9-6-17(7-10-19)13-24(34)30-27-22(12-16-4-2-1-3-5-16)28-26-21(29-27)11-8-18-14-20(32)15-23(33)25(18)26/h1-7,9-10,14-15,31-33H,8,11-13H2,(H,29,30,34). The van der Waals surface area contributed by atoms with Crippen LogP contribution in [0.1, 0.15) is 28.1 Å². The number of nitrogens with zero attached hydrogens (tertiary/aromatic N) is 2. The summed E-state index contributed by atoms with van der Waals surface area (Å²) in [5, 5.41) is 32.8. The van der Waals surface area contributed by atoms with Gasteiger partial charge in [0.2, 0.25) is 5.91 Å². The Morgan fingerprint density at radius 2 is 1.62 bits per heavy atom. The van der Waals surface area contributed by atoms with Gasteiger partial charge in [0.25, 0.3) is 0 Å². The number of aryl methyl sites for hydroxylation is 2. The van der Waals surface area contributed by atoms with Gasteiger partial charge in [-0.25, -0.2) is 9.97 Å². The van der Waals surface area contributed by atoms with Crippen molar-refractivity contribution in [3.63, 3.8) is 0 Å². The fourth-order valence-electron chi connectivity index (χ4n) is 4.26. The average Bonchev–Trinajstić information content (AvgIpc) is 2.81. The van der Waals surface area contributed by atoms with Crippen molar-refractivity contribution in [2.45, 2.75) is 25.7 Å². The molecule has 5 rings (SSSR count). The monoisotopic (exact) mass is 453 g/mol. The van der Waals surface area contributed by atoms with Crippen molar-refractivity contribution in [3.8, 4) is 28.5 Å². The second-order valence-corrected chi connectivity index (χ2v) is 8.37. The fraction of sp³-hybridized carbons (Fsp3) is 0.148. The zero-order chi connectivity index (χ0) is 23.7.